The van der Waals surface area contributed by atoms with Crippen molar-refractivity contribution in [1.29, 1.82) is 0 Å². The number of hydrogen-bond acceptors (Lipinski definition) is 4. The van der Waals surface area contributed by atoms with Crippen LogP contribution in [0.25, 0.3) is 0 Å². The fourth-order valence-electron chi connectivity index (χ4n) is 2.34. The van der Waals surface area contributed by atoms with E-state index in [0.29, 0.717) is 5.92 Å². The van der Waals surface area contributed by atoms with Crippen molar-refractivity contribution in [1.82, 2.24) is 4.31 Å². The van der Waals surface area contributed by atoms with E-state index in [1.54, 1.807) is 0 Å². The SMILES string of the molecule is CC(C)c1ccc(CN(C)S(=O)(=O)c2ccccc2[N+](=O)[O-])cc1. The van der Waals surface area contributed by atoms with E-state index < -0.39 is 20.6 Å². The summed E-state index contributed by atoms with van der Waals surface area (Å²) < 4.78 is 26.4. The Labute approximate surface area is 141 Å². The number of nitro benzene ring substituents is 1. The lowest BCUT2D eigenvalue weighted by molar-refractivity contribution is -0.387. The highest BCUT2D eigenvalue weighted by molar-refractivity contribution is 7.89. The monoisotopic (exact) mass is 348 g/mol. The molecule has 0 aliphatic carbocycles. The average molecular weight is 348 g/mol. The molecule has 0 aliphatic heterocycles. The minimum Gasteiger partial charge on any atom is -0.258 e. The largest absolute Gasteiger partial charge is 0.289 e. The summed E-state index contributed by atoms with van der Waals surface area (Å²) in [7, 11) is -2.53. The van der Waals surface area contributed by atoms with Crippen LogP contribution >= 0.6 is 0 Å². The third-order valence-corrected chi connectivity index (χ3v) is 5.65. The van der Waals surface area contributed by atoms with E-state index in [0.717, 1.165) is 9.87 Å². The zero-order chi connectivity index (χ0) is 17.9. The lowest BCUT2D eigenvalue weighted by Crippen LogP contribution is -2.27. The Morgan fingerprint density at radius 2 is 1.67 bits per heavy atom. The van der Waals surface area contributed by atoms with E-state index in [9.17, 15) is 18.5 Å². The Balaban J connectivity index is 2.28. The van der Waals surface area contributed by atoms with Crippen molar-refractivity contribution >= 4 is 15.7 Å². The molecule has 0 aliphatic rings. The summed E-state index contributed by atoms with van der Waals surface area (Å²) in [4.78, 5) is 10.1. The predicted molar refractivity (Wildman–Crippen MR) is 92.3 cm³/mol. The van der Waals surface area contributed by atoms with Crippen LogP contribution < -0.4 is 0 Å². The first-order chi connectivity index (χ1) is 11.2. The molecule has 6 nitrogen and oxygen atoms in total. The molecule has 0 atom stereocenters. The van der Waals surface area contributed by atoms with Gasteiger partial charge in [-0.3, -0.25) is 10.1 Å². The number of para-hydroxylation sites is 1. The number of benzene rings is 2. The van der Waals surface area contributed by atoms with E-state index >= 15 is 0 Å². The van der Waals surface area contributed by atoms with Gasteiger partial charge in [-0.05, 0) is 23.1 Å². The van der Waals surface area contributed by atoms with E-state index in [2.05, 4.69) is 13.8 Å². The van der Waals surface area contributed by atoms with E-state index in [4.69, 9.17) is 0 Å². The fraction of sp³-hybridized carbons (Fsp3) is 0.294. The van der Waals surface area contributed by atoms with Gasteiger partial charge in [-0.15, -0.1) is 0 Å². The highest BCUT2D eigenvalue weighted by Crippen LogP contribution is 2.26. The fourth-order valence-corrected chi connectivity index (χ4v) is 3.66. The predicted octanol–water partition coefficient (Wildman–Crippen LogP) is 3.54. The van der Waals surface area contributed by atoms with E-state index in [-0.39, 0.29) is 11.4 Å². The maximum absolute atomic E-state index is 12.7. The van der Waals surface area contributed by atoms with Gasteiger partial charge < -0.3 is 0 Å². The minimum absolute atomic E-state index is 0.146. The lowest BCUT2D eigenvalue weighted by atomic mass is 10.0. The van der Waals surface area contributed by atoms with Crippen LogP contribution in [-0.2, 0) is 16.6 Å². The molecule has 0 bridgehead atoms. The smallest absolute Gasteiger partial charge is 0.258 e. The lowest BCUT2D eigenvalue weighted by Gasteiger charge is -2.17. The van der Waals surface area contributed by atoms with Crippen LogP contribution in [0.1, 0.15) is 30.9 Å². The zero-order valence-electron chi connectivity index (χ0n) is 13.8. The van der Waals surface area contributed by atoms with Crippen molar-refractivity contribution in [2.75, 3.05) is 7.05 Å². The molecule has 2 aromatic rings. The Morgan fingerprint density at radius 1 is 1.08 bits per heavy atom. The maximum atomic E-state index is 12.7. The van der Waals surface area contributed by atoms with Gasteiger partial charge in [0.15, 0.2) is 4.90 Å². The molecule has 0 saturated carbocycles. The van der Waals surface area contributed by atoms with Gasteiger partial charge in [0.05, 0.1) is 4.92 Å². The number of hydrogen-bond donors (Lipinski definition) is 0. The maximum Gasteiger partial charge on any atom is 0.289 e. The van der Waals surface area contributed by atoms with Gasteiger partial charge in [0.25, 0.3) is 5.69 Å². The Morgan fingerprint density at radius 3 is 2.21 bits per heavy atom. The normalized spacial score (nSPS) is 11.9. The van der Waals surface area contributed by atoms with Gasteiger partial charge in [-0.2, -0.15) is 4.31 Å². The molecule has 0 unspecified atom stereocenters. The van der Waals surface area contributed by atoms with Gasteiger partial charge in [-0.25, -0.2) is 8.42 Å². The summed E-state index contributed by atoms with van der Waals surface area (Å²) in [6.07, 6.45) is 0. The molecular formula is C17H20N2O4S. The second-order valence-electron chi connectivity index (χ2n) is 5.88. The first kappa shape index (κ1) is 18.1. The molecule has 2 rings (SSSR count). The number of nitrogens with zero attached hydrogens (tertiary/aromatic N) is 2. The molecule has 0 spiro atoms. The second kappa shape index (κ2) is 7.11. The van der Waals surface area contributed by atoms with Crippen molar-refractivity contribution in [3.63, 3.8) is 0 Å². The molecule has 2 aromatic carbocycles. The topological polar surface area (TPSA) is 80.5 Å². The number of rotatable bonds is 6. The van der Waals surface area contributed by atoms with Gasteiger partial charge in [0.1, 0.15) is 0 Å². The Kier molecular flexibility index (Phi) is 5.36. The molecule has 0 N–H and O–H groups in total. The summed E-state index contributed by atoms with van der Waals surface area (Å²) in [6, 6.07) is 13.1. The van der Waals surface area contributed by atoms with Crippen LogP contribution in [0.15, 0.2) is 53.4 Å². The molecule has 24 heavy (non-hydrogen) atoms. The first-order valence-corrected chi connectivity index (χ1v) is 8.96. The standard InChI is InChI=1S/C17H20N2O4S/c1-13(2)15-10-8-14(9-11-15)12-18(3)24(22,23)17-7-5-4-6-16(17)19(20)21/h4-11,13H,12H2,1-3H3. The van der Waals surface area contributed by atoms with Crippen molar-refractivity contribution in [3.8, 4) is 0 Å². The van der Waals surface area contributed by atoms with Gasteiger partial charge >= 0.3 is 0 Å². The molecule has 0 fully saturated rings. The second-order valence-corrected chi connectivity index (χ2v) is 7.90. The van der Waals surface area contributed by atoms with Crippen LogP contribution in [-0.4, -0.2) is 24.7 Å². The van der Waals surface area contributed by atoms with E-state index in [1.165, 1.54) is 36.9 Å². The quantitative estimate of drug-likeness (QED) is 0.591. The third-order valence-electron chi connectivity index (χ3n) is 3.80. The van der Waals surface area contributed by atoms with Crippen molar-refractivity contribution in [3.05, 3.63) is 69.8 Å². The zero-order valence-corrected chi connectivity index (χ0v) is 14.7. The Bertz CT molecular complexity index is 830. The van der Waals surface area contributed by atoms with Crippen molar-refractivity contribution < 1.29 is 13.3 Å². The molecule has 0 heterocycles. The van der Waals surface area contributed by atoms with E-state index in [1.807, 2.05) is 24.3 Å². The first-order valence-electron chi connectivity index (χ1n) is 7.52. The molecule has 0 radical (unpaired) electrons. The van der Waals surface area contributed by atoms with Gasteiger partial charge in [-0.1, -0.05) is 50.2 Å². The summed E-state index contributed by atoms with van der Waals surface area (Å²) in [6.45, 7) is 4.31. The minimum atomic E-state index is -3.95. The highest BCUT2D eigenvalue weighted by atomic mass is 32.2. The molecule has 0 amide bonds. The molecule has 128 valence electrons. The molecular weight excluding hydrogens is 328 g/mol. The van der Waals surface area contributed by atoms with Crippen LogP contribution in [0.4, 0.5) is 5.69 Å². The average Bonchev–Trinajstić information content (AvgIpc) is 2.55. The molecule has 0 saturated heterocycles. The highest BCUT2D eigenvalue weighted by Gasteiger charge is 2.29. The summed E-state index contributed by atoms with van der Waals surface area (Å²) in [5.74, 6) is 0.396. The van der Waals surface area contributed by atoms with Gasteiger partial charge in [0.2, 0.25) is 10.0 Å². The summed E-state index contributed by atoms with van der Waals surface area (Å²) >= 11 is 0. The van der Waals surface area contributed by atoms with Crippen LogP contribution in [0, 0.1) is 10.1 Å². The molecule has 7 heteroatoms. The van der Waals surface area contributed by atoms with Crippen molar-refractivity contribution in [2.24, 2.45) is 0 Å². The molecule has 0 aromatic heterocycles. The van der Waals surface area contributed by atoms with Crippen molar-refractivity contribution in [2.45, 2.75) is 31.2 Å². The van der Waals surface area contributed by atoms with Crippen LogP contribution in [0.3, 0.4) is 0 Å². The third kappa shape index (κ3) is 3.80. The van der Waals surface area contributed by atoms with Crippen LogP contribution in [0.5, 0.6) is 0 Å². The van der Waals surface area contributed by atoms with Crippen LogP contribution in [0.2, 0.25) is 0 Å². The Hall–Kier alpha value is -2.25. The van der Waals surface area contributed by atoms with Gasteiger partial charge in [0, 0.05) is 19.7 Å². The summed E-state index contributed by atoms with van der Waals surface area (Å²) in [5.41, 5.74) is 1.58. The summed E-state index contributed by atoms with van der Waals surface area (Å²) in [5, 5.41) is 11.1. The number of sulfonamides is 1. The number of nitro groups is 1.